The van der Waals surface area contributed by atoms with E-state index in [1.165, 1.54) is 0 Å². The Morgan fingerprint density at radius 1 is 1.24 bits per heavy atom. The van der Waals surface area contributed by atoms with Crippen LogP contribution in [-0.4, -0.2) is 23.2 Å². The number of aromatic nitrogens is 1. The fourth-order valence-electron chi connectivity index (χ4n) is 2.10. The third-order valence-corrected chi connectivity index (χ3v) is 4.21. The molecule has 3 aromatic rings. The standard InChI is InChI=1S/C16H13NO3S/c1-20-11-3-2-4-12(8-11)21-15-9-17-14-6-5-10(16(18)19)7-13(14)15/h2-9,17H,1H3,(H,18,19). The van der Waals surface area contributed by atoms with E-state index in [-0.39, 0.29) is 5.56 Å². The molecule has 4 nitrogen and oxygen atoms in total. The SMILES string of the molecule is COc1cccc(Sc2c[nH]c3ccc(C(=O)O)cc23)c1. The van der Waals surface area contributed by atoms with Crippen LogP contribution in [0.3, 0.4) is 0 Å². The number of H-pyrrole nitrogens is 1. The number of carboxylic acid groups (broad SMARTS) is 1. The number of rotatable bonds is 4. The zero-order chi connectivity index (χ0) is 14.8. The zero-order valence-electron chi connectivity index (χ0n) is 11.3. The van der Waals surface area contributed by atoms with Gasteiger partial charge in [-0.2, -0.15) is 0 Å². The van der Waals surface area contributed by atoms with Gasteiger partial charge in [0.25, 0.3) is 0 Å². The summed E-state index contributed by atoms with van der Waals surface area (Å²) < 4.78 is 5.21. The molecule has 0 saturated carbocycles. The Labute approximate surface area is 125 Å². The molecule has 0 bridgehead atoms. The lowest BCUT2D eigenvalue weighted by Crippen LogP contribution is -1.94. The molecule has 2 aromatic carbocycles. The number of carboxylic acids is 1. The van der Waals surface area contributed by atoms with Crippen molar-refractivity contribution in [2.75, 3.05) is 7.11 Å². The van der Waals surface area contributed by atoms with Gasteiger partial charge >= 0.3 is 5.97 Å². The van der Waals surface area contributed by atoms with Crippen molar-refractivity contribution in [2.45, 2.75) is 9.79 Å². The molecular weight excluding hydrogens is 286 g/mol. The lowest BCUT2D eigenvalue weighted by Gasteiger charge is -2.04. The van der Waals surface area contributed by atoms with Crippen molar-refractivity contribution in [2.24, 2.45) is 0 Å². The van der Waals surface area contributed by atoms with E-state index in [9.17, 15) is 4.79 Å². The second-order valence-electron chi connectivity index (χ2n) is 4.50. The highest BCUT2D eigenvalue weighted by atomic mass is 32.2. The van der Waals surface area contributed by atoms with Gasteiger partial charge in [0.2, 0.25) is 0 Å². The van der Waals surface area contributed by atoms with Crippen LogP contribution in [0.2, 0.25) is 0 Å². The Bertz CT molecular complexity index is 810. The Hall–Kier alpha value is -2.40. The number of fused-ring (bicyclic) bond motifs is 1. The summed E-state index contributed by atoms with van der Waals surface area (Å²) >= 11 is 1.57. The fourth-order valence-corrected chi connectivity index (χ4v) is 3.08. The van der Waals surface area contributed by atoms with E-state index in [0.717, 1.165) is 26.4 Å². The summed E-state index contributed by atoms with van der Waals surface area (Å²) in [5.41, 5.74) is 1.21. The van der Waals surface area contributed by atoms with Crippen LogP contribution in [0.4, 0.5) is 0 Å². The monoisotopic (exact) mass is 299 g/mol. The van der Waals surface area contributed by atoms with Crippen molar-refractivity contribution in [3.05, 3.63) is 54.2 Å². The van der Waals surface area contributed by atoms with Crippen LogP contribution in [0.1, 0.15) is 10.4 Å². The van der Waals surface area contributed by atoms with E-state index >= 15 is 0 Å². The Morgan fingerprint density at radius 2 is 2.10 bits per heavy atom. The Balaban J connectivity index is 1.99. The van der Waals surface area contributed by atoms with E-state index in [2.05, 4.69) is 4.98 Å². The largest absolute Gasteiger partial charge is 0.497 e. The van der Waals surface area contributed by atoms with Crippen LogP contribution in [0.25, 0.3) is 10.9 Å². The number of methoxy groups -OCH3 is 1. The average Bonchev–Trinajstić information content (AvgIpc) is 2.90. The van der Waals surface area contributed by atoms with E-state index in [1.54, 1.807) is 37.1 Å². The molecule has 21 heavy (non-hydrogen) atoms. The second-order valence-corrected chi connectivity index (χ2v) is 5.61. The number of ether oxygens (including phenoxy) is 1. The number of aromatic amines is 1. The predicted molar refractivity (Wildman–Crippen MR) is 82.4 cm³/mol. The van der Waals surface area contributed by atoms with Gasteiger partial charge in [0.15, 0.2) is 0 Å². The third-order valence-electron chi connectivity index (χ3n) is 3.16. The summed E-state index contributed by atoms with van der Waals surface area (Å²) in [6.07, 6.45) is 1.89. The summed E-state index contributed by atoms with van der Waals surface area (Å²) in [4.78, 5) is 16.3. The molecule has 0 radical (unpaired) electrons. The molecule has 0 aliphatic carbocycles. The highest BCUT2D eigenvalue weighted by molar-refractivity contribution is 7.99. The lowest BCUT2D eigenvalue weighted by atomic mass is 10.1. The minimum Gasteiger partial charge on any atom is -0.497 e. The molecule has 0 aliphatic heterocycles. The summed E-state index contributed by atoms with van der Waals surface area (Å²) in [6.45, 7) is 0. The Morgan fingerprint density at radius 3 is 2.86 bits per heavy atom. The molecule has 0 saturated heterocycles. The lowest BCUT2D eigenvalue weighted by molar-refractivity contribution is 0.0697. The highest BCUT2D eigenvalue weighted by Gasteiger charge is 2.09. The predicted octanol–water partition coefficient (Wildman–Crippen LogP) is 4.03. The molecule has 1 heterocycles. The number of hydrogen-bond acceptors (Lipinski definition) is 3. The van der Waals surface area contributed by atoms with Crippen molar-refractivity contribution in [3.8, 4) is 5.75 Å². The van der Waals surface area contributed by atoms with Gasteiger partial charge in [0, 0.05) is 26.9 Å². The van der Waals surface area contributed by atoms with Gasteiger partial charge in [-0.1, -0.05) is 17.8 Å². The maximum atomic E-state index is 11.1. The maximum Gasteiger partial charge on any atom is 0.335 e. The van der Waals surface area contributed by atoms with E-state index in [4.69, 9.17) is 9.84 Å². The van der Waals surface area contributed by atoms with Crippen LogP contribution in [0.5, 0.6) is 5.75 Å². The number of benzene rings is 2. The molecular formula is C16H13NO3S. The van der Waals surface area contributed by atoms with Crippen molar-refractivity contribution in [1.82, 2.24) is 4.98 Å². The van der Waals surface area contributed by atoms with Crippen molar-refractivity contribution in [3.63, 3.8) is 0 Å². The van der Waals surface area contributed by atoms with Crippen LogP contribution in [-0.2, 0) is 0 Å². The summed E-state index contributed by atoms with van der Waals surface area (Å²) in [5.74, 6) is -0.124. The van der Waals surface area contributed by atoms with Gasteiger partial charge in [-0.05, 0) is 36.4 Å². The van der Waals surface area contributed by atoms with Crippen LogP contribution >= 0.6 is 11.8 Å². The van der Waals surface area contributed by atoms with Crippen molar-refractivity contribution < 1.29 is 14.6 Å². The van der Waals surface area contributed by atoms with Gasteiger partial charge in [-0.3, -0.25) is 0 Å². The van der Waals surface area contributed by atoms with Gasteiger partial charge in [-0.15, -0.1) is 0 Å². The van der Waals surface area contributed by atoms with Crippen molar-refractivity contribution in [1.29, 1.82) is 0 Å². The molecule has 0 amide bonds. The topological polar surface area (TPSA) is 62.3 Å². The minimum atomic E-state index is -0.921. The minimum absolute atomic E-state index is 0.287. The first-order chi connectivity index (χ1) is 10.2. The maximum absolute atomic E-state index is 11.1. The first-order valence-corrected chi connectivity index (χ1v) is 7.15. The van der Waals surface area contributed by atoms with Crippen LogP contribution in [0, 0.1) is 0 Å². The molecule has 3 rings (SSSR count). The zero-order valence-corrected chi connectivity index (χ0v) is 12.1. The molecule has 0 spiro atoms. The molecule has 0 atom stereocenters. The van der Waals surface area contributed by atoms with Crippen molar-refractivity contribution >= 4 is 28.6 Å². The third kappa shape index (κ3) is 2.73. The van der Waals surface area contributed by atoms with Crippen LogP contribution in [0.15, 0.2) is 58.5 Å². The number of nitrogens with one attached hydrogen (secondary N) is 1. The summed E-state index contributed by atoms with van der Waals surface area (Å²) in [6, 6.07) is 12.8. The fraction of sp³-hybridized carbons (Fsp3) is 0.0625. The average molecular weight is 299 g/mol. The van der Waals surface area contributed by atoms with Gasteiger partial charge in [0.1, 0.15) is 5.75 Å². The molecule has 5 heteroatoms. The molecule has 2 N–H and O–H groups in total. The van der Waals surface area contributed by atoms with E-state index in [0.29, 0.717) is 0 Å². The number of carbonyl (C=O) groups is 1. The van der Waals surface area contributed by atoms with Crippen LogP contribution < -0.4 is 4.74 Å². The molecule has 0 aliphatic rings. The van der Waals surface area contributed by atoms with E-state index < -0.39 is 5.97 Å². The molecule has 0 unspecified atom stereocenters. The summed E-state index contributed by atoms with van der Waals surface area (Å²) in [7, 11) is 1.63. The smallest absolute Gasteiger partial charge is 0.335 e. The highest BCUT2D eigenvalue weighted by Crippen LogP contribution is 2.35. The molecule has 0 fully saturated rings. The first-order valence-electron chi connectivity index (χ1n) is 6.34. The number of hydrogen-bond donors (Lipinski definition) is 2. The van der Waals surface area contributed by atoms with E-state index in [1.807, 2.05) is 30.5 Å². The molecule has 106 valence electrons. The normalized spacial score (nSPS) is 10.7. The molecule has 1 aromatic heterocycles. The number of aromatic carboxylic acids is 1. The first kappa shape index (κ1) is 13.6. The van der Waals surface area contributed by atoms with Gasteiger partial charge in [-0.25, -0.2) is 4.79 Å². The second kappa shape index (κ2) is 5.54. The quantitative estimate of drug-likeness (QED) is 0.763. The van der Waals surface area contributed by atoms with Gasteiger partial charge < -0.3 is 14.8 Å². The van der Waals surface area contributed by atoms with Gasteiger partial charge in [0.05, 0.1) is 12.7 Å². The Kier molecular flexibility index (Phi) is 3.58. The summed E-state index contributed by atoms with van der Waals surface area (Å²) in [5, 5.41) is 10.0.